The van der Waals surface area contributed by atoms with Crippen LogP contribution in [0.25, 0.3) is 0 Å². The first kappa shape index (κ1) is 11.5. The van der Waals surface area contributed by atoms with Crippen LogP contribution in [0.1, 0.15) is 32.6 Å². The molecule has 1 aliphatic rings. The fourth-order valence-electron chi connectivity index (χ4n) is 1.69. The Morgan fingerprint density at radius 3 is 2.71 bits per heavy atom. The normalized spacial score (nSPS) is 16.8. The third-order valence-electron chi connectivity index (χ3n) is 2.85. The quantitative estimate of drug-likeness (QED) is 0.609. The molecule has 0 amide bonds. The molecule has 1 rings (SSSR count). The molecule has 0 spiro atoms. The van der Waals surface area contributed by atoms with Crippen LogP contribution in [0.4, 0.5) is 0 Å². The fourth-order valence-corrected chi connectivity index (χ4v) is 1.69. The lowest BCUT2D eigenvalue weighted by Crippen LogP contribution is -2.30. The molecule has 0 aliphatic heterocycles. The molecule has 1 saturated carbocycles. The highest BCUT2D eigenvalue weighted by atomic mass is 16.5. The van der Waals surface area contributed by atoms with Gasteiger partial charge in [-0.2, -0.15) is 0 Å². The second kappa shape index (κ2) is 6.02. The predicted molar refractivity (Wildman–Crippen MR) is 56.1 cm³/mol. The Hall–Kier alpha value is -0.570. The number of likely N-dealkylation sites (N-methyl/N-ethyl adjacent to an activating group) is 1. The van der Waals surface area contributed by atoms with Crippen molar-refractivity contribution in [3.05, 3.63) is 0 Å². The lowest BCUT2D eigenvalue weighted by molar-refractivity contribution is -0.144. The van der Waals surface area contributed by atoms with Gasteiger partial charge >= 0.3 is 5.97 Å². The third-order valence-corrected chi connectivity index (χ3v) is 2.85. The molecule has 0 atom stereocenters. The summed E-state index contributed by atoms with van der Waals surface area (Å²) >= 11 is 0. The van der Waals surface area contributed by atoms with Crippen molar-refractivity contribution >= 4 is 5.97 Å². The number of nitrogens with zero attached hydrogens (tertiary/aromatic N) is 1. The van der Waals surface area contributed by atoms with Gasteiger partial charge in [-0.1, -0.05) is 19.3 Å². The number of carbonyl (C=O) groups excluding carboxylic acids is 1. The molecule has 0 N–H and O–H groups in total. The van der Waals surface area contributed by atoms with Gasteiger partial charge in [0.15, 0.2) is 0 Å². The Balaban J connectivity index is 2.02. The number of carbonyl (C=O) groups is 1. The van der Waals surface area contributed by atoms with Gasteiger partial charge in [0.25, 0.3) is 0 Å². The van der Waals surface area contributed by atoms with Crippen molar-refractivity contribution in [1.29, 1.82) is 0 Å². The van der Waals surface area contributed by atoms with E-state index in [0.717, 1.165) is 12.5 Å². The third kappa shape index (κ3) is 4.09. The zero-order valence-electron chi connectivity index (χ0n) is 9.29. The number of ether oxygens (including phenoxy) is 1. The van der Waals surface area contributed by atoms with Crippen LogP contribution in [0.2, 0.25) is 0 Å². The van der Waals surface area contributed by atoms with Gasteiger partial charge in [-0.15, -0.1) is 0 Å². The summed E-state index contributed by atoms with van der Waals surface area (Å²) in [4.78, 5) is 13.2. The van der Waals surface area contributed by atoms with Gasteiger partial charge in [-0.3, -0.25) is 9.69 Å². The molecule has 0 aromatic carbocycles. The van der Waals surface area contributed by atoms with Crippen LogP contribution in [0.3, 0.4) is 0 Å². The highest BCUT2D eigenvalue weighted by Crippen LogP contribution is 2.29. The molecule has 3 nitrogen and oxygen atoms in total. The van der Waals surface area contributed by atoms with Gasteiger partial charge in [0.2, 0.25) is 0 Å². The Bertz CT molecular complexity index is 178. The maximum absolute atomic E-state index is 11.1. The first-order valence-corrected chi connectivity index (χ1v) is 5.56. The van der Waals surface area contributed by atoms with E-state index in [1.54, 1.807) is 0 Å². The minimum absolute atomic E-state index is 0.108. The van der Waals surface area contributed by atoms with Crippen LogP contribution >= 0.6 is 0 Å². The highest BCUT2D eigenvalue weighted by molar-refractivity contribution is 5.71. The summed E-state index contributed by atoms with van der Waals surface area (Å²) in [5.41, 5.74) is 0. The molecule has 0 bridgehead atoms. The molecular weight excluding hydrogens is 178 g/mol. The minimum atomic E-state index is -0.108. The van der Waals surface area contributed by atoms with Crippen LogP contribution < -0.4 is 0 Å². The summed E-state index contributed by atoms with van der Waals surface area (Å²) in [6, 6.07) is 0. The Kier molecular flexibility index (Phi) is 4.94. The van der Waals surface area contributed by atoms with Gasteiger partial charge in [0.05, 0.1) is 13.2 Å². The van der Waals surface area contributed by atoms with E-state index in [0.29, 0.717) is 13.2 Å². The van der Waals surface area contributed by atoms with Crippen LogP contribution in [0.15, 0.2) is 0 Å². The maximum atomic E-state index is 11.1. The van der Waals surface area contributed by atoms with Gasteiger partial charge in [0, 0.05) is 0 Å². The average molecular weight is 199 g/mol. The van der Waals surface area contributed by atoms with Crippen molar-refractivity contribution in [1.82, 2.24) is 4.90 Å². The smallest absolute Gasteiger partial charge is 0.320 e. The molecule has 82 valence electrons. The Morgan fingerprint density at radius 1 is 1.50 bits per heavy atom. The van der Waals surface area contributed by atoms with Crippen molar-refractivity contribution in [2.45, 2.75) is 32.6 Å². The van der Waals surface area contributed by atoms with E-state index in [-0.39, 0.29) is 5.97 Å². The van der Waals surface area contributed by atoms with E-state index in [2.05, 4.69) is 4.90 Å². The number of rotatable bonds is 6. The topological polar surface area (TPSA) is 29.5 Å². The monoisotopic (exact) mass is 199 g/mol. The molecule has 0 aromatic rings. The van der Waals surface area contributed by atoms with Gasteiger partial charge in [-0.25, -0.2) is 0 Å². The van der Waals surface area contributed by atoms with Crippen molar-refractivity contribution in [2.75, 3.05) is 26.7 Å². The summed E-state index contributed by atoms with van der Waals surface area (Å²) in [6.07, 6.45) is 5.39. The number of hydrogen-bond donors (Lipinski definition) is 0. The molecule has 3 heteroatoms. The lowest BCUT2D eigenvalue weighted by Gasteiger charge is -2.27. The average Bonchev–Trinajstić information content (AvgIpc) is 2.01. The maximum Gasteiger partial charge on any atom is 0.320 e. The van der Waals surface area contributed by atoms with Crippen molar-refractivity contribution in [2.24, 2.45) is 5.92 Å². The van der Waals surface area contributed by atoms with Crippen LogP contribution in [0.5, 0.6) is 0 Å². The molecule has 1 aliphatic carbocycles. The summed E-state index contributed by atoms with van der Waals surface area (Å²) in [7, 11) is 1.98. The number of hydrogen-bond acceptors (Lipinski definition) is 3. The summed E-state index contributed by atoms with van der Waals surface area (Å²) in [6.45, 7) is 3.77. The SMILES string of the molecule is CCOC(=O)CN(C)CCC1CCC1. The van der Waals surface area contributed by atoms with Crippen molar-refractivity contribution < 1.29 is 9.53 Å². The molecule has 0 aromatic heterocycles. The van der Waals surface area contributed by atoms with Crippen molar-refractivity contribution in [3.8, 4) is 0 Å². The van der Waals surface area contributed by atoms with Crippen LogP contribution in [-0.2, 0) is 9.53 Å². The largest absolute Gasteiger partial charge is 0.465 e. The zero-order valence-corrected chi connectivity index (χ0v) is 9.29. The lowest BCUT2D eigenvalue weighted by atomic mass is 9.83. The number of esters is 1. The molecule has 0 radical (unpaired) electrons. The summed E-state index contributed by atoms with van der Waals surface area (Å²) in [5, 5.41) is 0. The standard InChI is InChI=1S/C11H21NO2/c1-3-14-11(13)9-12(2)8-7-10-5-4-6-10/h10H,3-9H2,1-2H3. The van der Waals surface area contributed by atoms with Gasteiger partial charge in [0.1, 0.15) is 0 Å². The first-order chi connectivity index (χ1) is 6.72. The molecule has 0 unspecified atom stereocenters. The zero-order chi connectivity index (χ0) is 10.4. The Morgan fingerprint density at radius 2 is 2.21 bits per heavy atom. The van der Waals surface area contributed by atoms with E-state index in [4.69, 9.17) is 4.74 Å². The molecular formula is C11H21NO2. The minimum Gasteiger partial charge on any atom is -0.465 e. The van der Waals surface area contributed by atoms with Gasteiger partial charge < -0.3 is 4.74 Å². The molecule has 1 fully saturated rings. The molecule has 0 saturated heterocycles. The Labute approximate surface area is 86.4 Å². The van der Waals surface area contributed by atoms with E-state index >= 15 is 0 Å². The van der Waals surface area contributed by atoms with Crippen molar-refractivity contribution in [3.63, 3.8) is 0 Å². The van der Waals surface area contributed by atoms with E-state index in [1.165, 1.54) is 25.7 Å². The first-order valence-electron chi connectivity index (χ1n) is 5.56. The van der Waals surface area contributed by atoms with Crippen LogP contribution in [-0.4, -0.2) is 37.6 Å². The van der Waals surface area contributed by atoms with Crippen LogP contribution in [0, 0.1) is 5.92 Å². The van der Waals surface area contributed by atoms with E-state index < -0.39 is 0 Å². The summed E-state index contributed by atoms with van der Waals surface area (Å²) < 4.78 is 4.88. The predicted octanol–water partition coefficient (Wildman–Crippen LogP) is 1.67. The molecule has 14 heavy (non-hydrogen) atoms. The van der Waals surface area contributed by atoms with E-state index in [9.17, 15) is 4.79 Å². The summed E-state index contributed by atoms with van der Waals surface area (Å²) in [5.74, 6) is 0.809. The molecule has 0 heterocycles. The second-order valence-electron chi connectivity index (χ2n) is 4.13. The van der Waals surface area contributed by atoms with E-state index in [1.807, 2.05) is 14.0 Å². The fraction of sp³-hybridized carbons (Fsp3) is 0.909. The van der Waals surface area contributed by atoms with Gasteiger partial charge in [-0.05, 0) is 32.9 Å². The highest BCUT2D eigenvalue weighted by Gasteiger charge is 2.18. The second-order valence-corrected chi connectivity index (χ2v) is 4.13.